The van der Waals surface area contributed by atoms with Gasteiger partial charge in [-0.15, -0.1) is 0 Å². The Kier molecular flexibility index (Phi) is 4.70. The Bertz CT molecular complexity index is 580. The fraction of sp³-hybridized carbons (Fsp3) is 0.500. The monoisotopic (exact) mass is 277 g/mol. The standard InChI is InChI=1S/C12H19N7O/c1-3-5-15-12-17-10(14-6-4-9(20)13-2)8-7-16-19-11(8)18-12/h7H,3-6H2,1-2H3,(H,13,20)(H3,14,15,16,17,18,19). The van der Waals surface area contributed by atoms with Crippen LogP contribution in [0.3, 0.4) is 0 Å². The molecule has 2 heterocycles. The van der Waals surface area contributed by atoms with Crippen LogP contribution in [0.5, 0.6) is 0 Å². The molecule has 0 aliphatic carbocycles. The molecule has 8 heteroatoms. The molecule has 0 aliphatic rings. The van der Waals surface area contributed by atoms with Crippen molar-refractivity contribution >= 4 is 28.7 Å². The van der Waals surface area contributed by atoms with Crippen molar-refractivity contribution in [1.29, 1.82) is 0 Å². The van der Waals surface area contributed by atoms with Crippen LogP contribution in [0.2, 0.25) is 0 Å². The lowest BCUT2D eigenvalue weighted by Crippen LogP contribution is -2.21. The first-order chi connectivity index (χ1) is 9.74. The van der Waals surface area contributed by atoms with E-state index in [1.807, 2.05) is 0 Å². The SMILES string of the molecule is CCCNc1nc(NCCC(=O)NC)c2cn[nH]c2n1. The Morgan fingerprint density at radius 2 is 2.15 bits per heavy atom. The van der Waals surface area contributed by atoms with Gasteiger partial charge in [-0.3, -0.25) is 9.89 Å². The van der Waals surface area contributed by atoms with Gasteiger partial charge in [0, 0.05) is 26.6 Å². The van der Waals surface area contributed by atoms with Crippen molar-refractivity contribution in [3.8, 4) is 0 Å². The van der Waals surface area contributed by atoms with Crippen LogP contribution in [0.4, 0.5) is 11.8 Å². The van der Waals surface area contributed by atoms with E-state index >= 15 is 0 Å². The third-order valence-electron chi connectivity index (χ3n) is 2.77. The van der Waals surface area contributed by atoms with Crippen LogP contribution in [0, 0.1) is 0 Å². The largest absolute Gasteiger partial charge is 0.369 e. The Morgan fingerprint density at radius 3 is 2.90 bits per heavy atom. The first-order valence-electron chi connectivity index (χ1n) is 6.64. The number of anilines is 2. The van der Waals surface area contributed by atoms with Crippen LogP contribution < -0.4 is 16.0 Å². The molecule has 0 fully saturated rings. The van der Waals surface area contributed by atoms with Crippen LogP contribution in [0.1, 0.15) is 19.8 Å². The molecule has 1 amide bonds. The number of aromatic nitrogens is 4. The number of aromatic amines is 1. The molecule has 0 atom stereocenters. The number of carbonyl (C=O) groups excluding carboxylic acids is 1. The Morgan fingerprint density at radius 1 is 1.30 bits per heavy atom. The molecule has 0 spiro atoms. The predicted molar refractivity (Wildman–Crippen MR) is 77.6 cm³/mol. The highest BCUT2D eigenvalue weighted by Gasteiger charge is 2.09. The molecule has 4 N–H and O–H groups in total. The zero-order valence-electron chi connectivity index (χ0n) is 11.7. The van der Waals surface area contributed by atoms with Crippen molar-refractivity contribution in [2.24, 2.45) is 0 Å². The molecule has 108 valence electrons. The second-order valence-electron chi connectivity index (χ2n) is 4.30. The first kappa shape index (κ1) is 14.0. The average Bonchev–Trinajstić information content (AvgIpc) is 2.93. The highest BCUT2D eigenvalue weighted by atomic mass is 16.1. The van der Waals surface area contributed by atoms with Crippen LogP contribution in [-0.4, -0.2) is 46.2 Å². The summed E-state index contributed by atoms with van der Waals surface area (Å²) in [5, 5.41) is 16.5. The fourth-order valence-electron chi connectivity index (χ4n) is 1.70. The highest BCUT2D eigenvalue weighted by molar-refractivity contribution is 5.87. The van der Waals surface area contributed by atoms with Gasteiger partial charge in [0.1, 0.15) is 5.82 Å². The number of H-pyrrole nitrogens is 1. The normalized spacial score (nSPS) is 10.5. The Labute approximate surface area is 116 Å². The van der Waals surface area contributed by atoms with Crippen molar-refractivity contribution < 1.29 is 4.79 Å². The van der Waals surface area contributed by atoms with Crippen LogP contribution >= 0.6 is 0 Å². The van der Waals surface area contributed by atoms with Crippen molar-refractivity contribution in [3.05, 3.63) is 6.20 Å². The van der Waals surface area contributed by atoms with E-state index in [-0.39, 0.29) is 5.91 Å². The maximum Gasteiger partial charge on any atom is 0.226 e. The minimum absolute atomic E-state index is 0.0145. The number of nitrogens with zero attached hydrogens (tertiary/aromatic N) is 3. The molecule has 0 unspecified atom stereocenters. The van der Waals surface area contributed by atoms with Gasteiger partial charge in [0.05, 0.1) is 11.6 Å². The van der Waals surface area contributed by atoms with Crippen molar-refractivity contribution in [3.63, 3.8) is 0 Å². The van der Waals surface area contributed by atoms with Crippen molar-refractivity contribution in [2.45, 2.75) is 19.8 Å². The molecule has 0 bridgehead atoms. The highest BCUT2D eigenvalue weighted by Crippen LogP contribution is 2.19. The molecule has 0 radical (unpaired) electrons. The summed E-state index contributed by atoms with van der Waals surface area (Å²) in [6.07, 6.45) is 3.04. The first-order valence-corrected chi connectivity index (χ1v) is 6.64. The second-order valence-corrected chi connectivity index (χ2v) is 4.30. The lowest BCUT2D eigenvalue weighted by atomic mass is 10.3. The topological polar surface area (TPSA) is 108 Å². The molecule has 2 rings (SSSR count). The Hall–Kier alpha value is -2.38. The maximum atomic E-state index is 11.2. The van der Waals surface area contributed by atoms with E-state index in [4.69, 9.17) is 0 Å². The lowest BCUT2D eigenvalue weighted by Gasteiger charge is -2.09. The number of fused-ring (bicyclic) bond motifs is 1. The van der Waals surface area contributed by atoms with E-state index in [9.17, 15) is 4.79 Å². The number of hydrogen-bond acceptors (Lipinski definition) is 6. The molecule has 0 aliphatic heterocycles. The molecule has 0 aromatic carbocycles. The molecule has 8 nitrogen and oxygen atoms in total. The zero-order valence-corrected chi connectivity index (χ0v) is 11.7. The van der Waals surface area contributed by atoms with Gasteiger partial charge in [0.2, 0.25) is 11.9 Å². The number of hydrogen-bond donors (Lipinski definition) is 4. The number of rotatable bonds is 7. The van der Waals surface area contributed by atoms with Crippen molar-refractivity contribution in [1.82, 2.24) is 25.5 Å². The second kappa shape index (κ2) is 6.69. The van der Waals surface area contributed by atoms with Gasteiger partial charge in [-0.05, 0) is 6.42 Å². The number of carbonyl (C=O) groups is 1. The van der Waals surface area contributed by atoms with Gasteiger partial charge >= 0.3 is 0 Å². The lowest BCUT2D eigenvalue weighted by molar-refractivity contribution is -0.120. The van der Waals surface area contributed by atoms with E-state index < -0.39 is 0 Å². The van der Waals surface area contributed by atoms with Gasteiger partial charge in [-0.2, -0.15) is 15.1 Å². The fourth-order valence-corrected chi connectivity index (χ4v) is 1.70. The maximum absolute atomic E-state index is 11.2. The molecular weight excluding hydrogens is 258 g/mol. The Balaban J connectivity index is 2.12. The predicted octanol–water partition coefficient (Wildman–Crippen LogP) is 0.723. The minimum atomic E-state index is -0.0145. The molecule has 2 aromatic rings. The van der Waals surface area contributed by atoms with Gasteiger partial charge in [0.15, 0.2) is 5.65 Å². The smallest absolute Gasteiger partial charge is 0.226 e. The van der Waals surface area contributed by atoms with Crippen LogP contribution in [-0.2, 0) is 4.79 Å². The molecule has 0 saturated carbocycles. The number of amides is 1. The van der Waals surface area contributed by atoms with Crippen LogP contribution in [0.25, 0.3) is 11.0 Å². The quantitative estimate of drug-likeness (QED) is 0.594. The zero-order chi connectivity index (χ0) is 14.4. The summed E-state index contributed by atoms with van der Waals surface area (Å²) >= 11 is 0. The summed E-state index contributed by atoms with van der Waals surface area (Å²) in [5.74, 6) is 1.21. The molecular formula is C12H19N7O. The number of nitrogens with one attached hydrogen (secondary N) is 4. The molecule has 20 heavy (non-hydrogen) atoms. The van der Waals surface area contributed by atoms with E-state index in [2.05, 4.69) is 43.0 Å². The summed E-state index contributed by atoms with van der Waals surface area (Å²) in [6.45, 7) is 3.38. The average molecular weight is 277 g/mol. The minimum Gasteiger partial charge on any atom is -0.369 e. The third kappa shape index (κ3) is 3.34. The summed E-state index contributed by atoms with van der Waals surface area (Å²) in [6, 6.07) is 0. The van der Waals surface area contributed by atoms with Gasteiger partial charge in [-0.25, -0.2) is 0 Å². The summed E-state index contributed by atoms with van der Waals surface area (Å²) in [4.78, 5) is 20.0. The molecule has 2 aromatic heterocycles. The summed E-state index contributed by atoms with van der Waals surface area (Å²) in [7, 11) is 1.62. The summed E-state index contributed by atoms with van der Waals surface area (Å²) in [5.41, 5.74) is 0.668. The van der Waals surface area contributed by atoms with Gasteiger partial charge in [-0.1, -0.05) is 6.92 Å². The van der Waals surface area contributed by atoms with E-state index in [0.29, 0.717) is 30.4 Å². The third-order valence-corrected chi connectivity index (χ3v) is 2.77. The van der Waals surface area contributed by atoms with E-state index in [0.717, 1.165) is 18.4 Å². The van der Waals surface area contributed by atoms with Crippen LogP contribution in [0.15, 0.2) is 6.20 Å². The molecule has 0 saturated heterocycles. The van der Waals surface area contributed by atoms with E-state index in [1.54, 1.807) is 13.2 Å². The van der Waals surface area contributed by atoms with E-state index in [1.165, 1.54) is 0 Å². The van der Waals surface area contributed by atoms with Gasteiger partial charge < -0.3 is 16.0 Å². The summed E-state index contributed by atoms with van der Waals surface area (Å²) < 4.78 is 0. The van der Waals surface area contributed by atoms with Crippen molar-refractivity contribution in [2.75, 3.05) is 30.8 Å². The van der Waals surface area contributed by atoms with Gasteiger partial charge in [0.25, 0.3) is 0 Å².